The van der Waals surface area contributed by atoms with Crippen LogP contribution in [0.3, 0.4) is 0 Å². The molecule has 0 saturated heterocycles. The van der Waals surface area contributed by atoms with Crippen molar-refractivity contribution < 1.29 is 0 Å². The summed E-state index contributed by atoms with van der Waals surface area (Å²) in [5.41, 5.74) is 0. The summed E-state index contributed by atoms with van der Waals surface area (Å²) in [6.45, 7) is 9.96. The van der Waals surface area contributed by atoms with E-state index in [1.54, 1.807) is 11.3 Å². The number of hydrogen-bond acceptors (Lipinski definition) is 4. The molecular formula is C14H20ClN3S. The molecule has 2 aromatic rings. The molecule has 0 spiro atoms. The summed E-state index contributed by atoms with van der Waals surface area (Å²) >= 11 is 7.55. The highest BCUT2D eigenvalue weighted by molar-refractivity contribution is 7.16. The van der Waals surface area contributed by atoms with Crippen LogP contribution in [0, 0.1) is 17.8 Å². The van der Waals surface area contributed by atoms with Crippen molar-refractivity contribution in [3.8, 4) is 0 Å². The topological polar surface area (TPSA) is 37.8 Å². The number of aromatic nitrogens is 2. The Morgan fingerprint density at radius 1 is 1.21 bits per heavy atom. The highest BCUT2D eigenvalue weighted by atomic mass is 35.5. The quantitative estimate of drug-likeness (QED) is 0.814. The van der Waals surface area contributed by atoms with Gasteiger partial charge >= 0.3 is 0 Å². The van der Waals surface area contributed by atoms with Gasteiger partial charge in [-0.1, -0.05) is 27.7 Å². The molecule has 0 atom stereocenters. The lowest BCUT2D eigenvalue weighted by molar-refractivity contribution is 0.304. The Morgan fingerprint density at radius 3 is 2.53 bits per heavy atom. The fourth-order valence-electron chi connectivity index (χ4n) is 2.42. The first-order valence-corrected chi connectivity index (χ1v) is 7.89. The van der Waals surface area contributed by atoms with Gasteiger partial charge in [0, 0.05) is 6.54 Å². The van der Waals surface area contributed by atoms with E-state index in [2.05, 4.69) is 43.0 Å². The molecule has 2 rings (SSSR count). The number of halogens is 1. The van der Waals surface area contributed by atoms with Crippen molar-refractivity contribution >= 4 is 39.0 Å². The standard InChI is InChI=1S/C14H20ClN3S/c1-8(2)11(9(3)4)7-16-12-10-5-6-19-13(10)18-14(15)17-12/h5-6,8-9,11H,7H2,1-4H3,(H,16,17,18). The molecule has 0 aliphatic heterocycles. The molecule has 0 aliphatic carbocycles. The Morgan fingerprint density at radius 2 is 1.89 bits per heavy atom. The lowest BCUT2D eigenvalue weighted by Gasteiger charge is -2.25. The molecule has 0 fully saturated rings. The Labute approximate surface area is 123 Å². The Kier molecular flexibility index (Phi) is 4.63. The fraction of sp³-hybridized carbons (Fsp3) is 0.571. The second-order valence-electron chi connectivity index (χ2n) is 5.51. The predicted octanol–water partition coefficient (Wildman–Crippen LogP) is 4.68. The molecule has 0 aromatic carbocycles. The van der Waals surface area contributed by atoms with Crippen molar-refractivity contribution in [2.24, 2.45) is 17.8 Å². The maximum atomic E-state index is 5.97. The molecule has 104 valence electrons. The van der Waals surface area contributed by atoms with E-state index in [0.29, 0.717) is 23.0 Å². The van der Waals surface area contributed by atoms with E-state index in [4.69, 9.17) is 11.6 Å². The predicted molar refractivity (Wildman–Crippen MR) is 84.1 cm³/mol. The minimum Gasteiger partial charge on any atom is -0.369 e. The average molecular weight is 298 g/mol. The van der Waals surface area contributed by atoms with Crippen LogP contribution in [0.5, 0.6) is 0 Å². The summed E-state index contributed by atoms with van der Waals surface area (Å²) in [5, 5.41) is 6.83. The van der Waals surface area contributed by atoms with Crippen LogP contribution in [-0.2, 0) is 0 Å². The Balaban J connectivity index is 2.19. The number of nitrogens with zero attached hydrogens (tertiary/aromatic N) is 2. The number of thiophene rings is 1. The van der Waals surface area contributed by atoms with E-state index in [1.807, 2.05) is 11.4 Å². The van der Waals surface area contributed by atoms with Crippen LogP contribution in [0.15, 0.2) is 11.4 Å². The third-order valence-electron chi connectivity index (χ3n) is 3.52. The molecule has 19 heavy (non-hydrogen) atoms. The molecule has 2 heterocycles. The van der Waals surface area contributed by atoms with Crippen LogP contribution < -0.4 is 5.32 Å². The van der Waals surface area contributed by atoms with Crippen molar-refractivity contribution in [3.63, 3.8) is 0 Å². The van der Waals surface area contributed by atoms with Crippen LogP contribution in [0.2, 0.25) is 5.28 Å². The van der Waals surface area contributed by atoms with Crippen molar-refractivity contribution in [1.82, 2.24) is 9.97 Å². The largest absolute Gasteiger partial charge is 0.369 e. The van der Waals surface area contributed by atoms with Gasteiger partial charge in [-0.05, 0) is 40.8 Å². The molecule has 3 nitrogen and oxygen atoms in total. The molecule has 5 heteroatoms. The summed E-state index contributed by atoms with van der Waals surface area (Å²) in [6.07, 6.45) is 0. The number of anilines is 1. The third-order valence-corrected chi connectivity index (χ3v) is 4.49. The highest BCUT2D eigenvalue weighted by Crippen LogP contribution is 2.28. The minimum atomic E-state index is 0.308. The molecule has 2 aromatic heterocycles. The van der Waals surface area contributed by atoms with E-state index in [0.717, 1.165) is 22.6 Å². The van der Waals surface area contributed by atoms with Gasteiger partial charge in [0.25, 0.3) is 0 Å². The van der Waals surface area contributed by atoms with Gasteiger partial charge in [0.2, 0.25) is 5.28 Å². The number of rotatable bonds is 5. The Bertz CT molecular complexity index is 543. The first-order valence-electron chi connectivity index (χ1n) is 6.63. The Hall–Kier alpha value is -0.870. The molecule has 0 saturated carbocycles. The summed E-state index contributed by atoms with van der Waals surface area (Å²) in [7, 11) is 0. The van der Waals surface area contributed by atoms with Gasteiger partial charge in [-0.3, -0.25) is 0 Å². The average Bonchev–Trinajstić information content (AvgIpc) is 2.75. The number of fused-ring (bicyclic) bond motifs is 1. The summed E-state index contributed by atoms with van der Waals surface area (Å²) in [6, 6.07) is 2.04. The van der Waals surface area contributed by atoms with Crippen LogP contribution in [0.1, 0.15) is 27.7 Å². The molecule has 0 aliphatic rings. The van der Waals surface area contributed by atoms with E-state index < -0.39 is 0 Å². The first-order chi connectivity index (χ1) is 8.99. The van der Waals surface area contributed by atoms with Crippen LogP contribution >= 0.6 is 22.9 Å². The molecule has 1 N–H and O–H groups in total. The summed E-state index contributed by atoms with van der Waals surface area (Å²) in [4.78, 5) is 9.48. The zero-order chi connectivity index (χ0) is 14.0. The van der Waals surface area contributed by atoms with Crippen LogP contribution in [-0.4, -0.2) is 16.5 Å². The molecule has 0 amide bonds. The summed E-state index contributed by atoms with van der Waals surface area (Å²) < 4.78 is 0. The van der Waals surface area contributed by atoms with E-state index in [-0.39, 0.29) is 0 Å². The van der Waals surface area contributed by atoms with Gasteiger partial charge < -0.3 is 5.32 Å². The lowest BCUT2D eigenvalue weighted by atomic mass is 9.85. The number of hydrogen-bond donors (Lipinski definition) is 1. The van der Waals surface area contributed by atoms with Gasteiger partial charge in [0.1, 0.15) is 10.6 Å². The van der Waals surface area contributed by atoms with E-state index >= 15 is 0 Å². The maximum absolute atomic E-state index is 5.97. The zero-order valence-electron chi connectivity index (χ0n) is 11.8. The molecule has 0 radical (unpaired) electrons. The molecular weight excluding hydrogens is 278 g/mol. The number of nitrogens with one attached hydrogen (secondary N) is 1. The van der Waals surface area contributed by atoms with Gasteiger partial charge in [-0.15, -0.1) is 11.3 Å². The zero-order valence-corrected chi connectivity index (χ0v) is 13.3. The van der Waals surface area contributed by atoms with Gasteiger partial charge in [-0.25, -0.2) is 9.97 Å². The fourth-order valence-corrected chi connectivity index (χ4v) is 3.40. The monoisotopic (exact) mass is 297 g/mol. The van der Waals surface area contributed by atoms with Crippen LogP contribution in [0.25, 0.3) is 10.2 Å². The first kappa shape index (κ1) is 14.5. The highest BCUT2D eigenvalue weighted by Gasteiger charge is 2.18. The van der Waals surface area contributed by atoms with Crippen LogP contribution in [0.4, 0.5) is 5.82 Å². The minimum absolute atomic E-state index is 0.308. The van der Waals surface area contributed by atoms with Crippen molar-refractivity contribution in [2.45, 2.75) is 27.7 Å². The SMILES string of the molecule is CC(C)C(CNc1nc(Cl)nc2sccc12)C(C)C. The van der Waals surface area contributed by atoms with Crippen molar-refractivity contribution in [2.75, 3.05) is 11.9 Å². The van der Waals surface area contributed by atoms with E-state index in [9.17, 15) is 0 Å². The molecule has 0 bridgehead atoms. The maximum Gasteiger partial charge on any atom is 0.225 e. The summed E-state index contributed by atoms with van der Waals surface area (Å²) in [5.74, 6) is 2.75. The molecule has 0 unspecified atom stereocenters. The second kappa shape index (κ2) is 6.06. The second-order valence-corrected chi connectivity index (χ2v) is 6.75. The van der Waals surface area contributed by atoms with Gasteiger partial charge in [-0.2, -0.15) is 0 Å². The normalized spacial score (nSPS) is 12.0. The lowest BCUT2D eigenvalue weighted by Crippen LogP contribution is -2.24. The third kappa shape index (κ3) is 3.37. The van der Waals surface area contributed by atoms with Crippen molar-refractivity contribution in [3.05, 3.63) is 16.7 Å². The van der Waals surface area contributed by atoms with Gasteiger partial charge in [0.05, 0.1) is 5.39 Å². The smallest absolute Gasteiger partial charge is 0.225 e. The van der Waals surface area contributed by atoms with E-state index in [1.165, 1.54) is 0 Å². The van der Waals surface area contributed by atoms with Crippen molar-refractivity contribution in [1.29, 1.82) is 0 Å². The van der Waals surface area contributed by atoms with Gasteiger partial charge in [0.15, 0.2) is 0 Å².